The summed E-state index contributed by atoms with van der Waals surface area (Å²) >= 11 is 2.78. The Morgan fingerprint density at radius 1 is 1.34 bits per heavy atom. The fourth-order valence-corrected chi connectivity index (χ4v) is 7.50. The molecular weight excluding hydrogens is 416 g/mol. The van der Waals surface area contributed by atoms with E-state index < -0.39 is 18.0 Å². The van der Waals surface area contributed by atoms with Crippen molar-refractivity contribution in [3.8, 4) is 0 Å². The van der Waals surface area contributed by atoms with Crippen molar-refractivity contribution in [3.63, 3.8) is 0 Å². The van der Waals surface area contributed by atoms with Crippen molar-refractivity contribution in [3.05, 3.63) is 9.93 Å². The van der Waals surface area contributed by atoms with Crippen LogP contribution in [-0.2, 0) is 14.4 Å². The predicted octanol–water partition coefficient (Wildman–Crippen LogP) is -0.562. The molecule has 4 aliphatic rings. The summed E-state index contributed by atoms with van der Waals surface area (Å²) in [5, 5.41) is 26.0. The monoisotopic (exact) mass is 442 g/mol. The number of carboxylic acids is 1. The number of piperazine rings is 1. The van der Waals surface area contributed by atoms with Gasteiger partial charge in [-0.3, -0.25) is 14.5 Å². The predicted molar refractivity (Wildman–Crippen MR) is 110 cm³/mol. The first-order valence-corrected chi connectivity index (χ1v) is 11.7. The number of nitrogens with one attached hydrogen (secondary N) is 2. The van der Waals surface area contributed by atoms with E-state index in [0.717, 1.165) is 13.1 Å². The molecule has 0 aromatic carbocycles. The van der Waals surface area contributed by atoms with Gasteiger partial charge in [0.25, 0.3) is 0 Å². The lowest BCUT2D eigenvalue weighted by Crippen LogP contribution is -2.61. The standard InChI is InChI=1S/C18H26N4O5S2/c1-2-11(23)12-15(25)22-13(17(26)27)18(29-16(12)22)28-9-7-10(20-8-9)14(24)21-5-3-19-4-6-21/h9-12,16,19-20,23H,2-8H2,1H3,(H,26,27)/t9?,10?,11-,12+,16+/m0/s1. The minimum absolute atomic E-state index is 0.0198. The molecule has 0 saturated carbocycles. The van der Waals surface area contributed by atoms with Gasteiger partial charge in [0.05, 0.1) is 22.3 Å². The van der Waals surface area contributed by atoms with Crippen molar-refractivity contribution < 1.29 is 24.6 Å². The molecule has 0 aromatic heterocycles. The van der Waals surface area contributed by atoms with Gasteiger partial charge in [-0.1, -0.05) is 18.7 Å². The third kappa shape index (κ3) is 3.78. The maximum Gasteiger partial charge on any atom is 0.354 e. The number of rotatable bonds is 6. The van der Waals surface area contributed by atoms with Crippen LogP contribution in [0.5, 0.6) is 0 Å². The molecule has 4 heterocycles. The van der Waals surface area contributed by atoms with Crippen LogP contribution in [0.1, 0.15) is 19.8 Å². The Labute approximate surface area is 177 Å². The molecule has 4 N–H and O–H groups in total. The first kappa shape index (κ1) is 21.0. The maximum absolute atomic E-state index is 12.7. The second-order valence-corrected chi connectivity index (χ2v) is 10.4. The van der Waals surface area contributed by atoms with Gasteiger partial charge in [0, 0.05) is 38.0 Å². The number of carboxylic acid groups (broad SMARTS) is 1. The number of hydrogen-bond donors (Lipinski definition) is 4. The molecule has 2 unspecified atom stereocenters. The summed E-state index contributed by atoms with van der Waals surface area (Å²) in [6, 6.07) is -0.251. The fourth-order valence-electron chi connectivity index (χ4n) is 4.23. The number of aliphatic hydroxyl groups excluding tert-OH is 1. The summed E-state index contributed by atoms with van der Waals surface area (Å²) in [5.74, 6) is -1.90. The van der Waals surface area contributed by atoms with Gasteiger partial charge in [0.15, 0.2) is 5.70 Å². The van der Waals surface area contributed by atoms with E-state index in [1.165, 1.54) is 28.4 Å². The van der Waals surface area contributed by atoms with E-state index >= 15 is 0 Å². The van der Waals surface area contributed by atoms with Gasteiger partial charge in [-0.25, -0.2) is 4.79 Å². The lowest BCUT2D eigenvalue weighted by molar-refractivity contribution is -0.157. The number of carbonyl (C=O) groups is 3. The van der Waals surface area contributed by atoms with Crippen LogP contribution in [0.3, 0.4) is 0 Å². The molecule has 0 spiro atoms. The van der Waals surface area contributed by atoms with Gasteiger partial charge in [0.1, 0.15) is 5.37 Å². The number of aliphatic hydroxyl groups is 1. The topological polar surface area (TPSA) is 122 Å². The SMILES string of the molecule is CC[C@H](O)[C@@H]1C(=O)N2C(C(=O)O)=C(SC3CNC(C(=O)N4CCNCC4)C3)S[C@H]12. The summed E-state index contributed by atoms with van der Waals surface area (Å²) in [6.07, 6.45) is 0.322. The zero-order chi connectivity index (χ0) is 20.7. The van der Waals surface area contributed by atoms with Crippen molar-refractivity contribution in [1.82, 2.24) is 20.4 Å². The summed E-state index contributed by atoms with van der Waals surface area (Å²) in [4.78, 5) is 40.1. The molecule has 0 aromatic rings. The molecule has 0 aliphatic carbocycles. The zero-order valence-corrected chi connectivity index (χ0v) is 17.8. The van der Waals surface area contributed by atoms with Gasteiger partial charge in [0.2, 0.25) is 11.8 Å². The van der Waals surface area contributed by atoms with Crippen LogP contribution in [0.2, 0.25) is 0 Å². The molecule has 4 rings (SSSR count). The number of β-lactam (4-membered cyclic amide) rings is 1. The molecule has 3 saturated heterocycles. The van der Waals surface area contributed by atoms with Crippen LogP contribution in [0.25, 0.3) is 0 Å². The molecule has 2 amide bonds. The van der Waals surface area contributed by atoms with Crippen molar-refractivity contribution in [2.24, 2.45) is 5.92 Å². The molecule has 160 valence electrons. The molecule has 5 atom stereocenters. The molecule has 0 radical (unpaired) electrons. The van der Waals surface area contributed by atoms with E-state index in [2.05, 4.69) is 10.6 Å². The van der Waals surface area contributed by atoms with Crippen molar-refractivity contribution in [2.45, 2.75) is 42.5 Å². The van der Waals surface area contributed by atoms with Gasteiger partial charge in [-0.05, 0) is 12.8 Å². The first-order chi connectivity index (χ1) is 13.9. The number of thioether (sulfide) groups is 2. The number of hydrogen-bond acceptors (Lipinski definition) is 8. The Morgan fingerprint density at radius 3 is 2.72 bits per heavy atom. The Balaban J connectivity index is 1.41. The van der Waals surface area contributed by atoms with Crippen molar-refractivity contribution in [2.75, 3.05) is 32.7 Å². The Hall–Kier alpha value is -1.27. The van der Waals surface area contributed by atoms with Gasteiger partial charge < -0.3 is 25.7 Å². The summed E-state index contributed by atoms with van der Waals surface area (Å²) in [5.41, 5.74) is 0.0198. The number of carbonyl (C=O) groups excluding carboxylic acids is 2. The van der Waals surface area contributed by atoms with Crippen LogP contribution in [0.4, 0.5) is 0 Å². The maximum atomic E-state index is 12.7. The van der Waals surface area contributed by atoms with Crippen LogP contribution < -0.4 is 10.6 Å². The summed E-state index contributed by atoms with van der Waals surface area (Å²) in [7, 11) is 0. The quantitative estimate of drug-likeness (QED) is 0.401. The highest BCUT2D eigenvalue weighted by Gasteiger charge is 2.58. The molecule has 3 fully saturated rings. The van der Waals surface area contributed by atoms with E-state index in [4.69, 9.17) is 0 Å². The first-order valence-electron chi connectivity index (χ1n) is 9.97. The van der Waals surface area contributed by atoms with E-state index in [1.54, 1.807) is 6.92 Å². The molecule has 0 bridgehead atoms. The van der Waals surface area contributed by atoms with Gasteiger partial charge in [-0.15, -0.1) is 11.8 Å². The van der Waals surface area contributed by atoms with E-state index in [-0.39, 0.29) is 34.2 Å². The van der Waals surface area contributed by atoms with Crippen LogP contribution in [0, 0.1) is 5.92 Å². The number of nitrogens with zero attached hydrogens (tertiary/aromatic N) is 2. The van der Waals surface area contributed by atoms with Gasteiger partial charge >= 0.3 is 5.97 Å². The van der Waals surface area contributed by atoms with Crippen molar-refractivity contribution >= 4 is 41.3 Å². The zero-order valence-electron chi connectivity index (χ0n) is 16.2. The molecular formula is C18H26N4O5S2. The number of amides is 2. The highest BCUT2D eigenvalue weighted by Crippen LogP contribution is 2.55. The van der Waals surface area contributed by atoms with Crippen LogP contribution >= 0.6 is 23.5 Å². The average Bonchev–Trinajstić information content (AvgIpc) is 3.31. The summed E-state index contributed by atoms with van der Waals surface area (Å²) < 4.78 is 0.601. The fraction of sp³-hybridized carbons (Fsp3) is 0.722. The van der Waals surface area contributed by atoms with E-state index in [1.807, 2.05) is 4.90 Å². The molecule has 9 nitrogen and oxygen atoms in total. The van der Waals surface area contributed by atoms with E-state index in [9.17, 15) is 24.6 Å². The largest absolute Gasteiger partial charge is 0.477 e. The third-order valence-corrected chi connectivity index (χ3v) is 8.70. The molecule has 11 heteroatoms. The van der Waals surface area contributed by atoms with Crippen molar-refractivity contribution in [1.29, 1.82) is 0 Å². The number of fused-ring (bicyclic) bond motifs is 1. The summed E-state index contributed by atoms with van der Waals surface area (Å²) in [6.45, 7) is 5.44. The number of aliphatic carboxylic acids is 1. The minimum atomic E-state index is -1.13. The second-order valence-electron chi connectivity index (χ2n) is 7.67. The Kier molecular flexibility index (Phi) is 6.12. The molecule has 4 aliphatic heterocycles. The highest BCUT2D eigenvalue weighted by molar-refractivity contribution is 8.23. The van der Waals surface area contributed by atoms with Gasteiger partial charge in [-0.2, -0.15) is 0 Å². The average molecular weight is 443 g/mol. The van der Waals surface area contributed by atoms with E-state index in [0.29, 0.717) is 36.7 Å². The highest BCUT2D eigenvalue weighted by atomic mass is 32.2. The van der Waals surface area contributed by atoms with Crippen LogP contribution in [-0.4, -0.2) is 93.3 Å². The lowest BCUT2D eigenvalue weighted by Gasteiger charge is -2.44. The smallest absolute Gasteiger partial charge is 0.354 e. The van der Waals surface area contributed by atoms with Crippen LogP contribution in [0.15, 0.2) is 9.93 Å². The third-order valence-electron chi connectivity index (χ3n) is 5.87. The normalized spacial score (nSPS) is 33.0. The molecule has 29 heavy (non-hydrogen) atoms. The Bertz CT molecular complexity index is 742. The minimum Gasteiger partial charge on any atom is -0.477 e. The lowest BCUT2D eigenvalue weighted by atomic mass is 9.90. The Morgan fingerprint density at radius 2 is 2.07 bits per heavy atom. The second kappa shape index (κ2) is 8.46.